The van der Waals surface area contributed by atoms with Gasteiger partial charge in [0.2, 0.25) is 0 Å². The Morgan fingerprint density at radius 3 is 2.73 bits per heavy atom. The number of rotatable bonds is 1. The number of ketones is 1. The predicted molar refractivity (Wildman–Crippen MR) is 65.6 cm³/mol. The molecule has 2 rings (SSSR count). The lowest BCUT2D eigenvalue weighted by Gasteiger charge is -1.99. The largest absolute Gasteiger partial charge is 0.340 e. The van der Waals surface area contributed by atoms with Gasteiger partial charge in [-0.1, -0.05) is 27.5 Å². The lowest BCUT2D eigenvalue weighted by molar-refractivity contribution is 0.101. The minimum absolute atomic E-state index is 0.0187. The lowest BCUT2D eigenvalue weighted by atomic mass is 10.2. The second kappa shape index (κ2) is 3.65. The van der Waals surface area contributed by atoms with Crippen molar-refractivity contribution >= 4 is 44.2 Å². The Labute approximate surface area is 101 Å². The van der Waals surface area contributed by atoms with E-state index in [9.17, 15) is 4.79 Å². The number of fused-ring (bicyclic) bond motifs is 1. The van der Waals surface area contributed by atoms with Gasteiger partial charge in [0.1, 0.15) is 5.69 Å². The van der Waals surface area contributed by atoms with E-state index in [1.807, 2.05) is 29.8 Å². The molecule has 0 fully saturated rings. The van der Waals surface area contributed by atoms with Crippen molar-refractivity contribution in [2.75, 3.05) is 0 Å². The van der Waals surface area contributed by atoms with Crippen molar-refractivity contribution in [3.63, 3.8) is 0 Å². The Kier molecular flexibility index (Phi) is 2.61. The quantitative estimate of drug-likeness (QED) is 0.731. The summed E-state index contributed by atoms with van der Waals surface area (Å²) < 4.78 is 2.78. The maximum absolute atomic E-state index is 11.4. The van der Waals surface area contributed by atoms with Crippen LogP contribution in [0.25, 0.3) is 10.9 Å². The number of halogens is 2. The molecule has 0 amide bonds. The highest BCUT2D eigenvalue weighted by molar-refractivity contribution is 9.10. The average molecular weight is 287 g/mol. The Bertz CT molecular complexity index is 559. The van der Waals surface area contributed by atoms with Gasteiger partial charge < -0.3 is 4.57 Å². The molecule has 1 heterocycles. The van der Waals surface area contributed by atoms with Gasteiger partial charge in [0.25, 0.3) is 0 Å². The van der Waals surface area contributed by atoms with E-state index in [1.165, 1.54) is 6.92 Å². The van der Waals surface area contributed by atoms with Crippen molar-refractivity contribution in [2.45, 2.75) is 6.92 Å². The number of hydrogen-bond acceptors (Lipinski definition) is 1. The number of carbonyl (C=O) groups is 1. The van der Waals surface area contributed by atoms with E-state index in [4.69, 9.17) is 11.6 Å². The highest BCUT2D eigenvalue weighted by atomic mass is 79.9. The first-order valence-corrected chi connectivity index (χ1v) is 5.64. The monoisotopic (exact) mass is 285 g/mol. The topological polar surface area (TPSA) is 22.0 Å². The molecule has 4 heteroatoms. The molecule has 0 radical (unpaired) electrons. The van der Waals surface area contributed by atoms with E-state index in [0.29, 0.717) is 10.7 Å². The molecule has 0 aliphatic rings. The van der Waals surface area contributed by atoms with Crippen molar-refractivity contribution in [2.24, 2.45) is 7.05 Å². The van der Waals surface area contributed by atoms with Gasteiger partial charge in [0, 0.05) is 29.3 Å². The summed E-state index contributed by atoms with van der Waals surface area (Å²) in [7, 11) is 1.85. The molecule has 0 aliphatic carbocycles. The molecule has 0 N–H and O–H groups in total. The van der Waals surface area contributed by atoms with Crippen molar-refractivity contribution < 1.29 is 4.79 Å². The molecule has 0 unspecified atom stereocenters. The minimum Gasteiger partial charge on any atom is -0.340 e. The van der Waals surface area contributed by atoms with E-state index in [2.05, 4.69) is 15.9 Å². The minimum atomic E-state index is -0.0187. The summed E-state index contributed by atoms with van der Waals surface area (Å²) in [6.45, 7) is 1.52. The van der Waals surface area contributed by atoms with Crippen LogP contribution < -0.4 is 0 Å². The molecule has 2 aromatic rings. The van der Waals surface area contributed by atoms with Crippen LogP contribution in [0.4, 0.5) is 0 Å². The van der Waals surface area contributed by atoms with Crippen LogP contribution in [-0.2, 0) is 7.05 Å². The number of benzene rings is 1. The van der Waals surface area contributed by atoms with Crippen LogP contribution in [0.5, 0.6) is 0 Å². The molecular formula is C11H9BrClNO. The Balaban J connectivity index is 2.91. The number of aromatic nitrogens is 1. The summed E-state index contributed by atoms with van der Waals surface area (Å²) in [5.41, 5.74) is 1.53. The summed E-state index contributed by atoms with van der Waals surface area (Å²) in [6, 6.07) is 5.80. The van der Waals surface area contributed by atoms with Crippen molar-refractivity contribution in [1.82, 2.24) is 4.57 Å². The fourth-order valence-corrected chi connectivity index (χ4v) is 2.53. The maximum Gasteiger partial charge on any atom is 0.177 e. The molecule has 2 nitrogen and oxygen atoms in total. The van der Waals surface area contributed by atoms with Crippen LogP contribution in [0.15, 0.2) is 22.7 Å². The summed E-state index contributed by atoms with van der Waals surface area (Å²) in [5, 5.41) is 1.43. The number of Topliss-reactive ketones (excluding diaryl/α,β-unsaturated/α-hetero) is 1. The molecule has 0 bridgehead atoms. The van der Waals surface area contributed by atoms with Crippen LogP contribution in [0, 0.1) is 0 Å². The summed E-state index contributed by atoms with van der Waals surface area (Å²) in [5.74, 6) is -0.0187. The number of nitrogens with zero attached hydrogens (tertiary/aromatic N) is 1. The molecule has 0 spiro atoms. The molecule has 0 saturated heterocycles. The first-order chi connectivity index (χ1) is 7.02. The van der Waals surface area contributed by atoms with E-state index in [1.54, 1.807) is 0 Å². The maximum atomic E-state index is 11.4. The van der Waals surface area contributed by atoms with Crippen LogP contribution >= 0.6 is 27.5 Å². The molecule has 15 heavy (non-hydrogen) atoms. The van der Waals surface area contributed by atoms with Gasteiger partial charge in [-0.3, -0.25) is 4.79 Å². The summed E-state index contributed by atoms with van der Waals surface area (Å²) in [4.78, 5) is 11.4. The van der Waals surface area contributed by atoms with Gasteiger partial charge in [-0.2, -0.15) is 0 Å². The summed E-state index contributed by atoms with van der Waals surface area (Å²) >= 11 is 9.55. The molecular weight excluding hydrogens is 277 g/mol. The van der Waals surface area contributed by atoms with Crippen LogP contribution in [-0.4, -0.2) is 10.4 Å². The summed E-state index contributed by atoms with van der Waals surface area (Å²) in [6.07, 6.45) is 0. The number of aryl methyl sites for hydroxylation is 1. The first kappa shape index (κ1) is 10.7. The third-order valence-electron chi connectivity index (χ3n) is 2.43. The predicted octanol–water partition coefficient (Wildman–Crippen LogP) is 3.80. The number of carbonyl (C=O) groups excluding carboxylic acids is 1. The second-order valence-electron chi connectivity index (χ2n) is 3.44. The molecule has 78 valence electrons. The van der Waals surface area contributed by atoms with Gasteiger partial charge in [-0.05, 0) is 18.2 Å². The highest BCUT2D eigenvalue weighted by Crippen LogP contribution is 2.32. The zero-order valence-electron chi connectivity index (χ0n) is 8.34. The van der Waals surface area contributed by atoms with Crippen LogP contribution in [0.3, 0.4) is 0 Å². The zero-order chi connectivity index (χ0) is 11.2. The SMILES string of the molecule is CC(=O)c1c(Cl)c2cc(Br)ccc2n1C. The highest BCUT2D eigenvalue weighted by Gasteiger charge is 2.16. The number of hydrogen-bond donors (Lipinski definition) is 0. The first-order valence-electron chi connectivity index (χ1n) is 4.46. The fraction of sp³-hybridized carbons (Fsp3) is 0.182. The molecule has 0 saturated carbocycles. The van der Waals surface area contributed by atoms with E-state index in [-0.39, 0.29) is 5.78 Å². The van der Waals surface area contributed by atoms with Gasteiger partial charge in [-0.15, -0.1) is 0 Å². The van der Waals surface area contributed by atoms with Crippen LogP contribution in [0.1, 0.15) is 17.4 Å². The Hall–Kier alpha value is -0.800. The van der Waals surface area contributed by atoms with Gasteiger partial charge >= 0.3 is 0 Å². The Morgan fingerprint density at radius 2 is 2.13 bits per heavy atom. The molecule has 1 aromatic heterocycles. The van der Waals surface area contributed by atoms with E-state index in [0.717, 1.165) is 15.4 Å². The Morgan fingerprint density at radius 1 is 1.47 bits per heavy atom. The third-order valence-corrected chi connectivity index (χ3v) is 3.31. The second-order valence-corrected chi connectivity index (χ2v) is 4.73. The zero-order valence-corrected chi connectivity index (χ0v) is 10.7. The van der Waals surface area contributed by atoms with Crippen molar-refractivity contribution in [3.8, 4) is 0 Å². The smallest absolute Gasteiger partial charge is 0.177 e. The van der Waals surface area contributed by atoms with Crippen molar-refractivity contribution in [1.29, 1.82) is 0 Å². The van der Waals surface area contributed by atoms with E-state index < -0.39 is 0 Å². The fourth-order valence-electron chi connectivity index (χ4n) is 1.76. The molecule has 0 atom stereocenters. The van der Waals surface area contributed by atoms with Gasteiger partial charge in [0.05, 0.1) is 5.02 Å². The lowest BCUT2D eigenvalue weighted by Crippen LogP contribution is -2.01. The van der Waals surface area contributed by atoms with Crippen LogP contribution in [0.2, 0.25) is 5.02 Å². The average Bonchev–Trinajstić information content (AvgIpc) is 2.39. The molecule has 0 aliphatic heterocycles. The van der Waals surface area contributed by atoms with Gasteiger partial charge in [0.15, 0.2) is 5.78 Å². The van der Waals surface area contributed by atoms with E-state index >= 15 is 0 Å². The third kappa shape index (κ3) is 1.60. The normalized spacial score (nSPS) is 10.9. The standard InChI is InChI=1S/C11H9BrClNO/c1-6(15)11-10(13)8-5-7(12)3-4-9(8)14(11)2/h3-5H,1-2H3. The van der Waals surface area contributed by atoms with Crippen molar-refractivity contribution in [3.05, 3.63) is 33.4 Å². The molecule has 1 aromatic carbocycles. The van der Waals surface area contributed by atoms with Gasteiger partial charge in [-0.25, -0.2) is 0 Å².